The Morgan fingerprint density at radius 3 is 2.30 bits per heavy atom. The van der Waals surface area contributed by atoms with E-state index in [9.17, 15) is 8.42 Å². The zero-order valence-electron chi connectivity index (χ0n) is 12.0. The molecule has 0 unspecified atom stereocenters. The van der Waals surface area contributed by atoms with Crippen molar-refractivity contribution < 1.29 is 8.42 Å². The summed E-state index contributed by atoms with van der Waals surface area (Å²) in [5.41, 5.74) is 6.56. The highest BCUT2D eigenvalue weighted by molar-refractivity contribution is 7.89. The summed E-state index contributed by atoms with van der Waals surface area (Å²) in [6.45, 7) is 2.80. The molecule has 1 saturated carbocycles. The fraction of sp³-hybridized carbons (Fsp3) is 0.600. The van der Waals surface area contributed by atoms with Crippen molar-refractivity contribution in [2.24, 2.45) is 11.7 Å². The Hall–Kier alpha value is -0.910. The number of nitrogens with two attached hydrogens (primary N) is 1. The van der Waals surface area contributed by atoms with E-state index < -0.39 is 10.0 Å². The van der Waals surface area contributed by atoms with Crippen LogP contribution in [0.2, 0.25) is 0 Å². The zero-order valence-corrected chi connectivity index (χ0v) is 12.8. The Kier molecular flexibility index (Phi) is 5.18. The monoisotopic (exact) mass is 296 g/mol. The van der Waals surface area contributed by atoms with E-state index in [0.717, 1.165) is 37.7 Å². The van der Waals surface area contributed by atoms with Crippen LogP contribution in [0.25, 0.3) is 0 Å². The van der Waals surface area contributed by atoms with E-state index in [1.54, 1.807) is 12.1 Å². The van der Waals surface area contributed by atoms with Crippen LogP contribution in [0, 0.1) is 5.92 Å². The molecule has 3 N–H and O–H groups in total. The topological polar surface area (TPSA) is 72.2 Å². The first-order chi connectivity index (χ1) is 9.51. The van der Waals surface area contributed by atoms with Crippen LogP contribution in [0.15, 0.2) is 29.2 Å². The van der Waals surface area contributed by atoms with Crippen molar-refractivity contribution in [1.82, 2.24) is 4.72 Å². The predicted molar refractivity (Wildman–Crippen MR) is 80.9 cm³/mol. The van der Waals surface area contributed by atoms with Gasteiger partial charge in [-0.2, -0.15) is 0 Å². The first-order valence-electron chi connectivity index (χ1n) is 7.32. The lowest BCUT2D eigenvalue weighted by Crippen LogP contribution is -2.37. The van der Waals surface area contributed by atoms with Gasteiger partial charge in [0, 0.05) is 6.04 Å². The highest BCUT2D eigenvalue weighted by Crippen LogP contribution is 2.24. The second kappa shape index (κ2) is 6.70. The molecule has 5 heteroatoms. The SMILES string of the molecule is CC1CCC(NS(=O)(=O)c2ccc(CCN)cc2)CC1. The Balaban J connectivity index is 2.02. The summed E-state index contributed by atoms with van der Waals surface area (Å²) in [6, 6.07) is 7.09. The Morgan fingerprint density at radius 1 is 1.15 bits per heavy atom. The summed E-state index contributed by atoms with van der Waals surface area (Å²) < 4.78 is 27.5. The van der Waals surface area contributed by atoms with Crippen LogP contribution < -0.4 is 10.5 Å². The van der Waals surface area contributed by atoms with E-state index in [1.807, 2.05) is 12.1 Å². The van der Waals surface area contributed by atoms with Gasteiger partial charge in [0.25, 0.3) is 0 Å². The van der Waals surface area contributed by atoms with Crippen LogP contribution >= 0.6 is 0 Å². The molecule has 1 fully saturated rings. The third-order valence-electron chi connectivity index (χ3n) is 4.00. The minimum Gasteiger partial charge on any atom is -0.330 e. The largest absolute Gasteiger partial charge is 0.330 e. The van der Waals surface area contributed by atoms with Crippen LogP contribution in [0.1, 0.15) is 38.2 Å². The minimum atomic E-state index is -3.39. The predicted octanol–water partition coefficient (Wildman–Crippen LogP) is 2.04. The molecule has 0 atom stereocenters. The quantitative estimate of drug-likeness (QED) is 0.873. The van der Waals surface area contributed by atoms with Gasteiger partial charge in [-0.3, -0.25) is 0 Å². The molecule has 1 aliphatic rings. The van der Waals surface area contributed by atoms with Gasteiger partial charge in [0.05, 0.1) is 4.90 Å². The van der Waals surface area contributed by atoms with Crippen molar-refractivity contribution in [2.45, 2.75) is 50.0 Å². The fourth-order valence-corrected chi connectivity index (χ4v) is 3.97. The molecule has 1 aliphatic carbocycles. The Bertz CT molecular complexity index is 517. The van der Waals surface area contributed by atoms with Gasteiger partial charge in [-0.1, -0.05) is 19.1 Å². The molecule has 0 radical (unpaired) electrons. The molecule has 0 saturated heterocycles. The van der Waals surface area contributed by atoms with E-state index in [2.05, 4.69) is 11.6 Å². The smallest absolute Gasteiger partial charge is 0.240 e. The van der Waals surface area contributed by atoms with E-state index in [4.69, 9.17) is 5.73 Å². The molecule has 2 rings (SSSR count). The average molecular weight is 296 g/mol. The maximum absolute atomic E-state index is 12.3. The molecule has 4 nitrogen and oxygen atoms in total. The lowest BCUT2D eigenvalue weighted by Gasteiger charge is -2.26. The third-order valence-corrected chi connectivity index (χ3v) is 5.54. The number of sulfonamides is 1. The Morgan fingerprint density at radius 2 is 1.75 bits per heavy atom. The molecule has 112 valence electrons. The molecular formula is C15H24N2O2S. The summed E-state index contributed by atoms with van der Waals surface area (Å²) in [4.78, 5) is 0.344. The van der Waals surface area contributed by atoms with Gasteiger partial charge in [-0.15, -0.1) is 0 Å². The molecule has 1 aromatic carbocycles. The van der Waals surface area contributed by atoms with Crippen LogP contribution in [-0.4, -0.2) is 21.0 Å². The number of hydrogen-bond acceptors (Lipinski definition) is 3. The third kappa shape index (κ3) is 4.04. The maximum atomic E-state index is 12.3. The second-order valence-corrected chi connectivity index (χ2v) is 7.47. The van der Waals surface area contributed by atoms with Crippen molar-refractivity contribution >= 4 is 10.0 Å². The highest BCUT2D eigenvalue weighted by atomic mass is 32.2. The fourth-order valence-electron chi connectivity index (χ4n) is 2.67. The van der Waals surface area contributed by atoms with Gasteiger partial charge >= 0.3 is 0 Å². The molecule has 1 aromatic rings. The van der Waals surface area contributed by atoms with Crippen LogP contribution in [-0.2, 0) is 16.4 Å². The van der Waals surface area contributed by atoms with Gasteiger partial charge < -0.3 is 5.73 Å². The maximum Gasteiger partial charge on any atom is 0.240 e. The van der Waals surface area contributed by atoms with Gasteiger partial charge in [-0.25, -0.2) is 13.1 Å². The van der Waals surface area contributed by atoms with Gasteiger partial charge in [-0.05, 0) is 62.3 Å². The molecule has 20 heavy (non-hydrogen) atoms. The highest BCUT2D eigenvalue weighted by Gasteiger charge is 2.23. The van der Waals surface area contributed by atoms with Crippen molar-refractivity contribution in [3.63, 3.8) is 0 Å². The van der Waals surface area contributed by atoms with Gasteiger partial charge in [0.15, 0.2) is 0 Å². The first-order valence-corrected chi connectivity index (χ1v) is 8.81. The lowest BCUT2D eigenvalue weighted by atomic mass is 9.88. The Labute approximate surface area is 121 Å². The van der Waals surface area contributed by atoms with Crippen LogP contribution in [0.4, 0.5) is 0 Å². The summed E-state index contributed by atoms with van der Waals surface area (Å²) in [5.74, 6) is 0.714. The molecule has 0 aliphatic heterocycles. The first kappa shape index (κ1) is 15.5. The van der Waals surface area contributed by atoms with Crippen molar-refractivity contribution in [2.75, 3.05) is 6.54 Å². The van der Waals surface area contributed by atoms with E-state index >= 15 is 0 Å². The molecule has 0 heterocycles. The zero-order chi connectivity index (χ0) is 14.6. The molecule has 0 spiro atoms. The number of rotatable bonds is 5. The molecule has 0 bridgehead atoms. The van der Waals surface area contributed by atoms with Crippen molar-refractivity contribution in [1.29, 1.82) is 0 Å². The number of nitrogens with one attached hydrogen (secondary N) is 1. The number of benzene rings is 1. The van der Waals surface area contributed by atoms with E-state index in [0.29, 0.717) is 17.4 Å². The summed E-state index contributed by atoms with van der Waals surface area (Å²) >= 11 is 0. The number of hydrogen-bond donors (Lipinski definition) is 2. The standard InChI is InChI=1S/C15H24N2O2S/c1-12-2-6-14(7-3-12)17-20(18,19)15-8-4-13(5-9-15)10-11-16/h4-5,8-9,12,14,17H,2-3,6-7,10-11,16H2,1H3. The van der Waals surface area contributed by atoms with Crippen LogP contribution in [0.5, 0.6) is 0 Å². The minimum absolute atomic E-state index is 0.0833. The van der Waals surface area contributed by atoms with Crippen LogP contribution in [0.3, 0.4) is 0 Å². The molecule has 0 amide bonds. The summed E-state index contributed by atoms with van der Waals surface area (Å²) in [5, 5.41) is 0. The van der Waals surface area contributed by atoms with Crippen molar-refractivity contribution in [3.8, 4) is 0 Å². The van der Waals surface area contributed by atoms with Gasteiger partial charge in [0.1, 0.15) is 0 Å². The lowest BCUT2D eigenvalue weighted by molar-refractivity contribution is 0.332. The van der Waals surface area contributed by atoms with Crippen molar-refractivity contribution in [3.05, 3.63) is 29.8 Å². The van der Waals surface area contributed by atoms with E-state index in [-0.39, 0.29) is 6.04 Å². The van der Waals surface area contributed by atoms with E-state index in [1.165, 1.54) is 0 Å². The second-order valence-electron chi connectivity index (χ2n) is 5.76. The van der Waals surface area contributed by atoms with Gasteiger partial charge in [0.2, 0.25) is 10.0 Å². The average Bonchev–Trinajstić information content (AvgIpc) is 2.42. The summed E-state index contributed by atoms with van der Waals surface area (Å²) in [7, 11) is -3.39. The molecular weight excluding hydrogens is 272 g/mol. The summed E-state index contributed by atoms with van der Waals surface area (Å²) in [6.07, 6.45) is 4.84. The molecule has 0 aromatic heterocycles. The normalized spacial score (nSPS) is 23.7.